The molecule has 1 unspecified atom stereocenters. The van der Waals surface area contributed by atoms with Crippen molar-refractivity contribution >= 4 is 34.9 Å². The predicted molar refractivity (Wildman–Crippen MR) is 145 cm³/mol. The van der Waals surface area contributed by atoms with Gasteiger partial charge in [0.25, 0.3) is 0 Å². The number of likely N-dealkylation sites (tertiary alicyclic amines) is 1. The Hall–Kier alpha value is -2.87. The van der Waals surface area contributed by atoms with Crippen LogP contribution < -0.4 is 10.6 Å². The summed E-state index contributed by atoms with van der Waals surface area (Å²) in [5, 5.41) is 16.2. The van der Waals surface area contributed by atoms with E-state index in [0.29, 0.717) is 30.9 Å². The monoisotopic (exact) mass is 512 g/mol. The largest absolute Gasteiger partial charge is 0.381 e. The van der Waals surface area contributed by atoms with Gasteiger partial charge in [-0.1, -0.05) is 6.08 Å². The number of amides is 1. The second-order valence-corrected chi connectivity index (χ2v) is 9.76. The zero-order chi connectivity index (χ0) is 25.9. The van der Waals surface area contributed by atoms with E-state index in [-0.39, 0.29) is 11.9 Å². The maximum atomic E-state index is 12.3. The summed E-state index contributed by atoms with van der Waals surface area (Å²) < 4.78 is 11.1. The molecule has 0 aromatic carbocycles. The number of nitriles is 1. The molecule has 36 heavy (non-hydrogen) atoms. The van der Waals surface area contributed by atoms with E-state index in [4.69, 9.17) is 14.5 Å². The van der Waals surface area contributed by atoms with Crippen LogP contribution in [0.2, 0.25) is 0 Å². The number of aliphatic imine (C=N–C) groups is 1. The van der Waals surface area contributed by atoms with E-state index in [0.717, 1.165) is 54.1 Å². The van der Waals surface area contributed by atoms with Crippen LogP contribution in [0.1, 0.15) is 38.2 Å². The number of thioether (sulfide) groups is 1. The Balaban J connectivity index is 1.88. The Morgan fingerprint density at radius 1 is 1.31 bits per heavy atom. The molecular weight excluding hydrogens is 476 g/mol. The van der Waals surface area contributed by atoms with Crippen molar-refractivity contribution < 1.29 is 14.3 Å². The van der Waals surface area contributed by atoms with Crippen molar-refractivity contribution in [3.63, 3.8) is 0 Å². The molecule has 1 amide bonds. The van der Waals surface area contributed by atoms with Gasteiger partial charge < -0.3 is 25.0 Å². The Kier molecular flexibility index (Phi) is 10.8. The number of methoxy groups -OCH3 is 2. The zero-order valence-electron chi connectivity index (χ0n) is 21.5. The van der Waals surface area contributed by atoms with Crippen LogP contribution in [-0.2, 0) is 14.3 Å². The first-order valence-corrected chi connectivity index (χ1v) is 13.6. The molecule has 3 heterocycles. The number of aromatic nitrogens is 1. The van der Waals surface area contributed by atoms with Gasteiger partial charge in [0.15, 0.2) is 6.29 Å². The lowest BCUT2D eigenvalue weighted by atomic mass is 10.0. The van der Waals surface area contributed by atoms with Gasteiger partial charge in [0.05, 0.1) is 17.0 Å². The van der Waals surface area contributed by atoms with Gasteiger partial charge >= 0.3 is 0 Å². The highest BCUT2D eigenvalue weighted by Crippen LogP contribution is 2.23. The van der Waals surface area contributed by atoms with E-state index in [2.05, 4.69) is 40.9 Å². The van der Waals surface area contributed by atoms with Gasteiger partial charge in [0, 0.05) is 70.5 Å². The first-order chi connectivity index (χ1) is 17.5. The van der Waals surface area contributed by atoms with Crippen molar-refractivity contribution in [3.8, 4) is 6.07 Å². The van der Waals surface area contributed by atoms with E-state index in [9.17, 15) is 10.1 Å². The molecule has 9 nitrogen and oxygen atoms in total. The number of carbonyl (C=O) groups is 1. The number of rotatable bonds is 11. The first kappa shape index (κ1) is 27.7. The van der Waals surface area contributed by atoms with Crippen molar-refractivity contribution in [2.45, 2.75) is 44.9 Å². The Morgan fingerprint density at radius 3 is 2.78 bits per heavy atom. The van der Waals surface area contributed by atoms with E-state index >= 15 is 0 Å². The second-order valence-electron chi connectivity index (χ2n) is 8.85. The molecule has 0 spiro atoms. The maximum Gasteiger partial charge on any atom is 0.222 e. The van der Waals surface area contributed by atoms with Gasteiger partial charge in [-0.25, -0.2) is 4.98 Å². The van der Waals surface area contributed by atoms with Gasteiger partial charge in [-0.15, -0.1) is 0 Å². The van der Waals surface area contributed by atoms with Crippen LogP contribution in [0.5, 0.6) is 0 Å². The van der Waals surface area contributed by atoms with Gasteiger partial charge in [-0.05, 0) is 43.6 Å². The number of pyridine rings is 1. The number of hydrogen-bond acceptors (Lipinski definition) is 9. The quantitative estimate of drug-likeness (QED) is 0.431. The fourth-order valence-corrected chi connectivity index (χ4v) is 4.87. The number of allylic oxidation sites excluding steroid dienone is 2. The Labute approximate surface area is 218 Å². The maximum absolute atomic E-state index is 12.3. The molecule has 1 saturated heterocycles. The summed E-state index contributed by atoms with van der Waals surface area (Å²) in [5.41, 5.74) is 3.96. The summed E-state index contributed by atoms with van der Waals surface area (Å²) in [6.45, 7) is 3.93. The van der Waals surface area contributed by atoms with E-state index in [1.165, 1.54) is 0 Å². The molecule has 2 aliphatic rings. The summed E-state index contributed by atoms with van der Waals surface area (Å²) in [4.78, 5) is 23.4. The first-order valence-electron chi connectivity index (χ1n) is 12.2. The lowest BCUT2D eigenvalue weighted by Gasteiger charge is -2.25. The lowest BCUT2D eigenvalue weighted by Crippen LogP contribution is -2.35. The molecule has 0 aliphatic carbocycles. The van der Waals surface area contributed by atoms with Crippen molar-refractivity contribution in [3.05, 3.63) is 41.2 Å². The van der Waals surface area contributed by atoms with Gasteiger partial charge in [-0.2, -0.15) is 17.0 Å². The van der Waals surface area contributed by atoms with Crippen LogP contribution in [0.4, 0.5) is 11.5 Å². The summed E-state index contributed by atoms with van der Waals surface area (Å²) in [5.74, 6) is 1.73. The fraction of sp³-hybridized carbons (Fsp3) is 0.538. The molecule has 1 fully saturated rings. The molecule has 194 valence electrons. The molecule has 0 bridgehead atoms. The Morgan fingerprint density at radius 2 is 2.11 bits per heavy atom. The highest BCUT2D eigenvalue weighted by atomic mass is 32.2. The number of nitrogens with one attached hydrogen (secondary N) is 2. The van der Waals surface area contributed by atoms with Crippen LogP contribution in [0, 0.1) is 11.3 Å². The predicted octanol–water partition coefficient (Wildman–Crippen LogP) is 3.81. The lowest BCUT2D eigenvalue weighted by molar-refractivity contribution is -0.127. The minimum Gasteiger partial charge on any atom is -0.381 e. The van der Waals surface area contributed by atoms with Crippen LogP contribution in [-0.4, -0.2) is 79.7 Å². The summed E-state index contributed by atoms with van der Waals surface area (Å²) in [6, 6.07) is 4.29. The van der Waals surface area contributed by atoms with Gasteiger partial charge in [0.1, 0.15) is 11.9 Å². The summed E-state index contributed by atoms with van der Waals surface area (Å²) >= 11 is 1.75. The molecular formula is C26H36N6O3S. The number of nitrogens with zero attached hydrogens (tertiary/aromatic N) is 4. The summed E-state index contributed by atoms with van der Waals surface area (Å²) in [6.07, 6.45) is 10.2. The third kappa shape index (κ3) is 7.56. The second kappa shape index (κ2) is 14.0. The van der Waals surface area contributed by atoms with E-state index in [1.807, 2.05) is 17.2 Å². The smallest absolute Gasteiger partial charge is 0.222 e. The molecule has 1 atom stereocenters. The van der Waals surface area contributed by atoms with Crippen molar-refractivity contribution in [1.82, 2.24) is 9.88 Å². The SMILES string of the molecule is COC(OC)C1=N/CCCC(=C\Nc2cc(NC(C)CSC)c(C#N)cn2)/C=C\1CN1CCCC1=O. The van der Waals surface area contributed by atoms with Crippen molar-refractivity contribution in [2.24, 2.45) is 4.99 Å². The molecule has 2 aliphatic heterocycles. The molecule has 0 radical (unpaired) electrons. The third-order valence-electron chi connectivity index (χ3n) is 6.03. The molecule has 1 aromatic heterocycles. The molecule has 2 N–H and O–H groups in total. The summed E-state index contributed by atoms with van der Waals surface area (Å²) in [7, 11) is 3.18. The van der Waals surface area contributed by atoms with Crippen LogP contribution in [0.15, 0.2) is 40.7 Å². The fourth-order valence-electron chi connectivity index (χ4n) is 4.28. The molecule has 1 aromatic rings. The highest BCUT2D eigenvalue weighted by molar-refractivity contribution is 7.98. The average molecular weight is 513 g/mol. The number of carbonyl (C=O) groups excluding carboxylic acids is 1. The number of anilines is 2. The standard InChI is InChI=1S/C26H36N6O3S/c1-18(17-36-4)31-22-12-23(30-15-21(22)13-27)29-14-19-7-5-9-28-25(26(34-2)35-3)20(11-19)16-32-10-6-8-24(32)33/h11-12,14-15,18,26H,5-10,16-17H2,1-4H3,(H2,29,30,31)/b19-14+,20-11-,28-25+. The minimum absolute atomic E-state index is 0.157. The average Bonchev–Trinajstić information content (AvgIpc) is 3.26. The number of hydrogen-bond donors (Lipinski definition) is 2. The minimum atomic E-state index is -0.599. The number of ether oxygens (including phenoxy) is 2. The molecule has 3 rings (SSSR count). The molecule has 0 saturated carbocycles. The van der Waals surface area contributed by atoms with Gasteiger partial charge in [0.2, 0.25) is 5.91 Å². The molecule has 10 heteroatoms. The zero-order valence-corrected chi connectivity index (χ0v) is 22.4. The third-order valence-corrected chi connectivity index (χ3v) is 6.86. The van der Waals surface area contributed by atoms with Crippen molar-refractivity contribution in [1.29, 1.82) is 5.26 Å². The van der Waals surface area contributed by atoms with E-state index < -0.39 is 6.29 Å². The Bertz CT molecular complexity index is 1040. The van der Waals surface area contributed by atoms with Crippen LogP contribution in [0.25, 0.3) is 0 Å². The topological polar surface area (TPSA) is 112 Å². The normalized spacial score (nSPS) is 21.3. The highest BCUT2D eigenvalue weighted by Gasteiger charge is 2.26. The van der Waals surface area contributed by atoms with Crippen LogP contribution >= 0.6 is 11.8 Å². The van der Waals surface area contributed by atoms with Crippen molar-refractivity contribution in [2.75, 3.05) is 56.5 Å². The van der Waals surface area contributed by atoms with Gasteiger partial charge in [-0.3, -0.25) is 9.79 Å². The van der Waals surface area contributed by atoms with Crippen LogP contribution in [0.3, 0.4) is 0 Å². The van der Waals surface area contributed by atoms with E-state index in [1.54, 1.807) is 32.2 Å².